The Bertz CT molecular complexity index is 575. The normalized spacial score (nSPS) is 16.0. The van der Waals surface area contributed by atoms with E-state index in [1.807, 2.05) is 12.1 Å². The first-order valence-electron chi connectivity index (χ1n) is 8.03. The molecule has 0 saturated heterocycles. The molecule has 1 aromatic rings. The van der Waals surface area contributed by atoms with Crippen LogP contribution in [0.4, 0.5) is 5.69 Å². The summed E-state index contributed by atoms with van der Waals surface area (Å²) in [6.45, 7) is 1.75. The van der Waals surface area contributed by atoms with Gasteiger partial charge in [0.2, 0.25) is 5.91 Å². The third-order valence-electron chi connectivity index (χ3n) is 4.08. The maximum Gasteiger partial charge on any atom is 0.259 e. The summed E-state index contributed by atoms with van der Waals surface area (Å²) in [4.78, 5) is 23.7. The highest BCUT2D eigenvalue weighted by molar-refractivity contribution is 5.99. The second-order valence-electron chi connectivity index (χ2n) is 5.91. The zero-order chi connectivity index (χ0) is 16.7. The van der Waals surface area contributed by atoms with Crippen LogP contribution >= 0.6 is 0 Å². The monoisotopic (exact) mass is 316 g/mol. The predicted molar refractivity (Wildman–Crippen MR) is 90.8 cm³/mol. The maximum atomic E-state index is 12.0. The Kier molecular flexibility index (Phi) is 6.14. The summed E-state index contributed by atoms with van der Waals surface area (Å²) < 4.78 is 0. The van der Waals surface area contributed by atoms with Crippen LogP contribution in [0, 0.1) is 5.92 Å². The molecule has 2 amide bonds. The van der Waals surface area contributed by atoms with Crippen molar-refractivity contribution < 1.29 is 9.59 Å². The van der Waals surface area contributed by atoms with Gasteiger partial charge in [0.25, 0.3) is 5.91 Å². The highest BCUT2D eigenvalue weighted by Crippen LogP contribution is 2.23. The number of hydrazone groups is 1. The molecule has 6 nitrogen and oxygen atoms in total. The molecule has 0 aromatic heterocycles. The van der Waals surface area contributed by atoms with Gasteiger partial charge in [-0.05, 0) is 37.5 Å². The summed E-state index contributed by atoms with van der Waals surface area (Å²) in [6, 6.07) is 7.23. The van der Waals surface area contributed by atoms with Crippen molar-refractivity contribution >= 4 is 23.2 Å². The summed E-state index contributed by atoms with van der Waals surface area (Å²) >= 11 is 0. The summed E-state index contributed by atoms with van der Waals surface area (Å²) in [6.07, 6.45) is 5.22. The number of carbonyl (C=O) groups excluding carboxylic acids is 2. The zero-order valence-corrected chi connectivity index (χ0v) is 13.5. The number of amides is 2. The molecule has 1 fully saturated rings. The second-order valence-corrected chi connectivity index (χ2v) is 5.91. The van der Waals surface area contributed by atoms with Crippen molar-refractivity contribution in [1.82, 2.24) is 10.7 Å². The summed E-state index contributed by atoms with van der Waals surface area (Å²) in [5, 5.41) is 6.73. The van der Waals surface area contributed by atoms with Crippen molar-refractivity contribution in [1.29, 1.82) is 0 Å². The minimum absolute atomic E-state index is 0.0286. The molecule has 1 saturated carbocycles. The van der Waals surface area contributed by atoms with Gasteiger partial charge < -0.3 is 11.1 Å². The van der Waals surface area contributed by atoms with Gasteiger partial charge in [0.1, 0.15) is 0 Å². The third-order valence-corrected chi connectivity index (χ3v) is 4.08. The van der Waals surface area contributed by atoms with Crippen LogP contribution in [0.3, 0.4) is 0 Å². The van der Waals surface area contributed by atoms with E-state index in [1.54, 1.807) is 19.1 Å². The SMILES string of the molecule is CC(=NNC(=O)CNC(=O)C1CCCCC1)c1ccc(N)cc1. The van der Waals surface area contributed by atoms with Crippen LogP contribution in [0.25, 0.3) is 0 Å². The number of nitrogens with zero attached hydrogens (tertiary/aromatic N) is 1. The number of hydrogen-bond acceptors (Lipinski definition) is 4. The van der Waals surface area contributed by atoms with Crippen LogP contribution in [0.2, 0.25) is 0 Å². The van der Waals surface area contributed by atoms with E-state index in [0.717, 1.165) is 31.2 Å². The van der Waals surface area contributed by atoms with E-state index in [1.165, 1.54) is 6.42 Å². The number of nitrogens with two attached hydrogens (primary N) is 1. The van der Waals surface area contributed by atoms with Gasteiger partial charge in [-0.25, -0.2) is 5.43 Å². The molecule has 0 heterocycles. The minimum Gasteiger partial charge on any atom is -0.399 e. The Morgan fingerprint density at radius 2 is 1.83 bits per heavy atom. The van der Waals surface area contributed by atoms with Gasteiger partial charge in [-0.1, -0.05) is 31.4 Å². The summed E-state index contributed by atoms with van der Waals surface area (Å²) in [7, 11) is 0. The average Bonchev–Trinajstić information content (AvgIpc) is 2.59. The van der Waals surface area contributed by atoms with Crippen molar-refractivity contribution in [2.45, 2.75) is 39.0 Å². The largest absolute Gasteiger partial charge is 0.399 e. The number of hydrogen-bond donors (Lipinski definition) is 3. The minimum atomic E-state index is -0.330. The zero-order valence-electron chi connectivity index (χ0n) is 13.5. The van der Waals surface area contributed by atoms with Gasteiger partial charge in [-0.15, -0.1) is 0 Å². The molecular weight excluding hydrogens is 292 g/mol. The van der Waals surface area contributed by atoms with Gasteiger partial charge in [-0.3, -0.25) is 9.59 Å². The summed E-state index contributed by atoms with van der Waals surface area (Å²) in [5.41, 5.74) is 10.3. The number of carbonyl (C=O) groups is 2. The van der Waals surface area contributed by atoms with E-state index >= 15 is 0 Å². The van der Waals surface area contributed by atoms with E-state index < -0.39 is 0 Å². The highest BCUT2D eigenvalue weighted by atomic mass is 16.2. The molecular formula is C17H24N4O2. The smallest absolute Gasteiger partial charge is 0.259 e. The molecule has 124 valence electrons. The second kappa shape index (κ2) is 8.31. The Morgan fingerprint density at radius 3 is 2.48 bits per heavy atom. The van der Waals surface area contributed by atoms with E-state index in [9.17, 15) is 9.59 Å². The number of nitrogen functional groups attached to an aromatic ring is 1. The van der Waals surface area contributed by atoms with E-state index in [0.29, 0.717) is 11.4 Å². The lowest BCUT2D eigenvalue weighted by Gasteiger charge is -2.20. The van der Waals surface area contributed by atoms with Crippen molar-refractivity contribution in [3.05, 3.63) is 29.8 Å². The fourth-order valence-corrected chi connectivity index (χ4v) is 2.65. The summed E-state index contributed by atoms with van der Waals surface area (Å²) in [5.74, 6) is -0.306. The molecule has 0 radical (unpaired) electrons. The lowest BCUT2D eigenvalue weighted by atomic mass is 9.89. The van der Waals surface area contributed by atoms with Gasteiger partial charge in [0, 0.05) is 11.6 Å². The maximum absolute atomic E-state index is 12.0. The first-order valence-corrected chi connectivity index (χ1v) is 8.03. The first-order chi connectivity index (χ1) is 11.1. The van der Waals surface area contributed by atoms with Crippen molar-refractivity contribution in [3.8, 4) is 0 Å². The van der Waals surface area contributed by atoms with Crippen LogP contribution in [0.15, 0.2) is 29.4 Å². The topological polar surface area (TPSA) is 96.6 Å². The standard InChI is InChI=1S/C17H24N4O2/c1-12(13-7-9-15(18)10-8-13)20-21-16(22)11-19-17(23)14-5-3-2-4-6-14/h7-10,14H,2-6,11,18H2,1H3,(H,19,23)(H,21,22). The van der Waals surface area contributed by atoms with Gasteiger partial charge in [0.05, 0.1) is 12.3 Å². The predicted octanol–water partition coefficient (Wildman–Crippen LogP) is 1.81. The highest BCUT2D eigenvalue weighted by Gasteiger charge is 2.21. The quantitative estimate of drug-likeness (QED) is 0.439. The molecule has 23 heavy (non-hydrogen) atoms. The Morgan fingerprint density at radius 1 is 1.17 bits per heavy atom. The van der Waals surface area contributed by atoms with E-state index in [2.05, 4.69) is 15.8 Å². The van der Waals surface area contributed by atoms with Crippen LogP contribution in [0.1, 0.15) is 44.6 Å². The van der Waals surface area contributed by atoms with E-state index in [-0.39, 0.29) is 24.3 Å². The first kappa shape index (κ1) is 17.0. The molecule has 2 rings (SSSR count). The van der Waals surface area contributed by atoms with Gasteiger partial charge >= 0.3 is 0 Å². The molecule has 6 heteroatoms. The molecule has 0 atom stereocenters. The van der Waals surface area contributed by atoms with Crippen LogP contribution in [0.5, 0.6) is 0 Å². The van der Waals surface area contributed by atoms with Crippen LogP contribution in [-0.2, 0) is 9.59 Å². The lowest BCUT2D eigenvalue weighted by molar-refractivity contribution is -0.129. The van der Waals surface area contributed by atoms with Crippen molar-refractivity contribution in [2.24, 2.45) is 11.0 Å². The van der Waals surface area contributed by atoms with Gasteiger partial charge in [0.15, 0.2) is 0 Å². The molecule has 0 bridgehead atoms. The molecule has 1 aliphatic carbocycles. The average molecular weight is 316 g/mol. The number of nitrogens with one attached hydrogen (secondary N) is 2. The number of anilines is 1. The third kappa shape index (κ3) is 5.39. The fourth-order valence-electron chi connectivity index (χ4n) is 2.65. The Balaban J connectivity index is 1.76. The molecule has 0 unspecified atom stereocenters. The van der Waals surface area contributed by atoms with E-state index in [4.69, 9.17) is 5.73 Å². The molecule has 1 aliphatic rings. The van der Waals surface area contributed by atoms with Crippen LogP contribution < -0.4 is 16.5 Å². The Hall–Kier alpha value is -2.37. The Labute approximate surface area is 136 Å². The number of benzene rings is 1. The van der Waals surface area contributed by atoms with Crippen molar-refractivity contribution in [3.63, 3.8) is 0 Å². The lowest BCUT2D eigenvalue weighted by Crippen LogP contribution is -2.39. The molecule has 1 aromatic carbocycles. The van der Waals surface area contributed by atoms with Crippen molar-refractivity contribution in [2.75, 3.05) is 12.3 Å². The van der Waals surface area contributed by atoms with Crippen LogP contribution in [-0.4, -0.2) is 24.1 Å². The molecule has 0 spiro atoms. The number of rotatable bonds is 5. The fraction of sp³-hybridized carbons (Fsp3) is 0.471. The van der Waals surface area contributed by atoms with Gasteiger partial charge in [-0.2, -0.15) is 5.10 Å². The molecule has 0 aliphatic heterocycles. The molecule has 4 N–H and O–H groups in total.